The van der Waals surface area contributed by atoms with Gasteiger partial charge in [-0.25, -0.2) is 0 Å². The summed E-state index contributed by atoms with van der Waals surface area (Å²) in [5.41, 5.74) is 2.08. The number of nitrogens with one attached hydrogen (secondary N) is 1. The minimum Gasteiger partial charge on any atom is -0.311 e. The maximum atomic E-state index is 11.2. The predicted molar refractivity (Wildman–Crippen MR) is 81.6 cm³/mol. The van der Waals surface area contributed by atoms with Crippen LogP contribution in [-0.2, 0) is 17.3 Å². The van der Waals surface area contributed by atoms with Gasteiger partial charge in [-0.3, -0.25) is 9.19 Å². The summed E-state index contributed by atoms with van der Waals surface area (Å²) in [7, 11) is -0.732. The SMILES string of the molecule is CC(CCNCc1ccc2ccccc2n1)S(C)=O. The van der Waals surface area contributed by atoms with Gasteiger partial charge in [0.15, 0.2) is 0 Å². The maximum Gasteiger partial charge on any atom is 0.0705 e. The topological polar surface area (TPSA) is 42.0 Å². The van der Waals surface area contributed by atoms with Crippen LogP contribution in [0.2, 0.25) is 0 Å². The molecule has 1 N–H and O–H groups in total. The maximum absolute atomic E-state index is 11.2. The Morgan fingerprint density at radius 3 is 2.84 bits per heavy atom. The summed E-state index contributed by atoms with van der Waals surface area (Å²) in [4.78, 5) is 4.60. The Balaban J connectivity index is 1.86. The molecule has 102 valence electrons. The molecule has 0 radical (unpaired) electrons. The number of nitrogens with zero attached hydrogens (tertiary/aromatic N) is 1. The highest BCUT2D eigenvalue weighted by atomic mass is 32.2. The van der Waals surface area contributed by atoms with E-state index in [1.807, 2.05) is 25.1 Å². The third-order valence-corrected chi connectivity index (χ3v) is 4.63. The molecule has 2 unspecified atom stereocenters. The van der Waals surface area contributed by atoms with Gasteiger partial charge in [-0.1, -0.05) is 31.2 Å². The molecule has 1 heterocycles. The summed E-state index contributed by atoms with van der Waals surface area (Å²) < 4.78 is 11.2. The van der Waals surface area contributed by atoms with Crippen LogP contribution in [-0.4, -0.2) is 27.2 Å². The Bertz CT molecular complexity index is 571. The summed E-state index contributed by atoms with van der Waals surface area (Å²) >= 11 is 0. The Morgan fingerprint density at radius 1 is 1.26 bits per heavy atom. The van der Waals surface area contributed by atoms with Crippen LogP contribution in [0.25, 0.3) is 10.9 Å². The van der Waals surface area contributed by atoms with Crippen LogP contribution in [0.4, 0.5) is 0 Å². The molecule has 2 atom stereocenters. The molecule has 1 aromatic heterocycles. The van der Waals surface area contributed by atoms with E-state index in [9.17, 15) is 4.21 Å². The van der Waals surface area contributed by atoms with E-state index >= 15 is 0 Å². The van der Waals surface area contributed by atoms with Crippen molar-refractivity contribution in [2.75, 3.05) is 12.8 Å². The zero-order chi connectivity index (χ0) is 13.7. The molecule has 0 aliphatic rings. The van der Waals surface area contributed by atoms with E-state index in [-0.39, 0.29) is 5.25 Å². The lowest BCUT2D eigenvalue weighted by Gasteiger charge is -2.09. The quantitative estimate of drug-likeness (QED) is 0.824. The molecule has 0 aliphatic heterocycles. The normalized spacial score (nSPS) is 14.4. The molecule has 3 nitrogen and oxygen atoms in total. The van der Waals surface area contributed by atoms with Crippen molar-refractivity contribution >= 4 is 21.7 Å². The van der Waals surface area contributed by atoms with Crippen molar-refractivity contribution in [3.63, 3.8) is 0 Å². The van der Waals surface area contributed by atoms with Crippen molar-refractivity contribution in [2.45, 2.75) is 25.1 Å². The number of fused-ring (bicyclic) bond motifs is 1. The fourth-order valence-electron chi connectivity index (χ4n) is 1.89. The first kappa shape index (κ1) is 14.2. The second-order valence-corrected chi connectivity index (χ2v) is 6.57. The van der Waals surface area contributed by atoms with Crippen molar-refractivity contribution in [3.8, 4) is 0 Å². The highest BCUT2D eigenvalue weighted by Crippen LogP contribution is 2.11. The van der Waals surface area contributed by atoms with Gasteiger partial charge in [-0.2, -0.15) is 0 Å². The second-order valence-electron chi connectivity index (χ2n) is 4.77. The molecule has 19 heavy (non-hydrogen) atoms. The largest absolute Gasteiger partial charge is 0.311 e. The average molecular weight is 276 g/mol. The van der Waals surface area contributed by atoms with E-state index < -0.39 is 10.8 Å². The van der Waals surface area contributed by atoms with Crippen LogP contribution < -0.4 is 5.32 Å². The number of hydrogen-bond acceptors (Lipinski definition) is 3. The molecular formula is C15H20N2OS. The zero-order valence-corrected chi connectivity index (χ0v) is 12.2. The van der Waals surface area contributed by atoms with Gasteiger partial charge in [-0.05, 0) is 25.1 Å². The van der Waals surface area contributed by atoms with Gasteiger partial charge in [0.25, 0.3) is 0 Å². The Kier molecular flexibility index (Phi) is 5.05. The van der Waals surface area contributed by atoms with Gasteiger partial charge in [-0.15, -0.1) is 0 Å². The summed E-state index contributed by atoms with van der Waals surface area (Å²) in [6.45, 7) is 3.65. The van der Waals surface area contributed by atoms with E-state index in [0.717, 1.165) is 30.7 Å². The number of benzene rings is 1. The van der Waals surface area contributed by atoms with Crippen LogP contribution in [0.3, 0.4) is 0 Å². The van der Waals surface area contributed by atoms with Crippen LogP contribution in [0.1, 0.15) is 19.0 Å². The summed E-state index contributed by atoms with van der Waals surface area (Å²) in [6.07, 6.45) is 2.69. The molecule has 0 spiro atoms. The van der Waals surface area contributed by atoms with Gasteiger partial charge >= 0.3 is 0 Å². The van der Waals surface area contributed by atoms with Gasteiger partial charge in [0.05, 0.1) is 11.2 Å². The van der Waals surface area contributed by atoms with Crippen molar-refractivity contribution < 1.29 is 4.21 Å². The average Bonchev–Trinajstić information content (AvgIpc) is 2.43. The van der Waals surface area contributed by atoms with E-state index in [0.29, 0.717) is 0 Å². The standard InChI is InChI=1S/C15H20N2OS/c1-12(19(2)18)9-10-16-11-14-8-7-13-5-3-4-6-15(13)17-14/h3-8,12,16H,9-11H2,1-2H3. The molecule has 0 fully saturated rings. The van der Waals surface area contributed by atoms with Gasteiger partial charge in [0.2, 0.25) is 0 Å². The lowest BCUT2D eigenvalue weighted by molar-refractivity contribution is 0.624. The molecule has 0 aliphatic carbocycles. The number of para-hydroxylation sites is 1. The van der Waals surface area contributed by atoms with Crippen molar-refractivity contribution in [3.05, 3.63) is 42.1 Å². The third-order valence-electron chi connectivity index (χ3n) is 3.26. The minimum absolute atomic E-state index is 0.247. The molecule has 2 aromatic rings. The Labute approximate surface area is 116 Å². The fourth-order valence-corrected chi connectivity index (χ4v) is 2.34. The van der Waals surface area contributed by atoms with Crippen molar-refractivity contribution in [1.29, 1.82) is 0 Å². The third kappa shape index (κ3) is 4.11. The predicted octanol–water partition coefficient (Wildman–Crippen LogP) is 2.48. The van der Waals surface area contributed by atoms with Crippen LogP contribution in [0, 0.1) is 0 Å². The van der Waals surface area contributed by atoms with Crippen molar-refractivity contribution in [2.24, 2.45) is 0 Å². The first-order chi connectivity index (χ1) is 9.16. The van der Waals surface area contributed by atoms with E-state index in [4.69, 9.17) is 0 Å². The summed E-state index contributed by atoms with van der Waals surface area (Å²) in [5, 5.41) is 4.77. The Morgan fingerprint density at radius 2 is 2.05 bits per heavy atom. The lowest BCUT2D eigenvalue weighted by Crippen LogP contribution is -2.21. The van der Waals surface area contributed by atoms with Gasteiger partial charge in [0, 0.05) is 34.2 Å². The molecular weight excluding hydrogens is 256 g/mol. The van der Waals surface area contributed by atoms with E-state index in [1.165, 1.54) is 5.39 Å². The first-order valence-corrected chi connectivity index (χ1v) is 8.16. The molecule has 0 bridgehead atoms. The molecule has 0 saturated carbocycles. The highest BCUT2D eigenvalue weighted by molar-refractivity contribution is 7.84. The fraction of sp³-hybridized carbons (Fsp3) is 0.400. The molecule has 2 rings (SSSR count). The number of rotatable bonds is 6. The Hall–Kier alpha value is -1.26. The van der Waals surface area contributed by atoms with Crippen LogP contribution >= 0.6 is 0 Å². The lowest BCUT2D eigenvalue weighted by atomic mass is 10.2. The van der Waals surface area contributed by atoms with Crippen molar-refractivity contribution in [1.82, 2.24) is 10.3 Å². The van der Waals surface area contributed by atoms with Gasteiger partial charge < -0.3 is 5.32 Å². The molecule has 4 heteroatoms. The van der Waals surface area contributed by atoms with E-state index in [1.54, 1.807) is 6.26 Å². The zero-order valence-electron chi connectivity index (χ0n) is 11.4. The molecule has 1 aromatic carbocycles. The monoisotopic (exact) mass is 276 g/mol. The van der Waals surface area contributed by atoms with Crippen LogP contribution in [0.15, 0.2) is 36.4 Å². The number of pyridine rings is 1. The molecule has 0 saturated heterocycles. The number of aromatic nitrogens is 1. The first-order valence-electron chi connectivity index (χ1n) is 6.54. The highest BCUT2D eigenvalue weighted by Gasteiger charge is 2.05. The minimum atomic E-state index is -0.732. The van der Waals surface area contributed by atoms with E-state index in [2.05, 4.69) is 28.5 Å². The van der Waals surface area contributed by atoms with Gasteiger partial charge in [0.1, 0.15) is 0 Å². The number of hydrogen-bond donors (Lipinski definition) is 1. The smallest absolute Gasteiger partial charge is 0.0705 e. The second kappa shape index (κ2) is 6.78. The summed E-state index contributed by atoms with van der Waals surface area (Å²) in [6, 6.07) is 12.3. The summed E-state index contributed by atoms with van der Waals surface area (Å²) in [5.74, 6) is 0. The molecule has 0 amide bonds. The van der Waals surface area contributed by atoms with Crippen LogP contribution in [0.5, 0.6) is 0 Å².